The van der Waals surface area contributed by atoms with Crippen molar-refractivity contribution < 1.29 is 0 Å². The molecule has 0 fully saturated rings. The zero-order valence-electron chi connectivity index (χ0n) is 12.3. The second-order valence-corrected chi connectivity index (χ2v) is 5.28. The number of nitrogens with zero attached hydrogens (tertiary/aromatic N) is 4. The van der Waals surface area contributed by atoms with Gasteiger partial charge in [0, 0.05) is 29.5 Å². The number of nitriles is 1. The fraction of sp³-hybridized carbons (Fsp3) is 0.0556. The molecule has 0 saturated carbocycles. The van der Waals surface area contributed by atoms with Crippen LogP contribution in [0.3, 0.4) is 0 Å². The summed E-state index contributed by atoms with van der Waals surface area (Å²) >= 11 is 0. The van der Waals surface area contributed by atoms with Crippen molar-refractivity contribution in [3.63, 3.8) is 0 Å². The summed E-state index contributed by atoms with van der Waals surface area (Å²) in [4.78, 5) is 7.40. The van der Waals surface area contributed by atoms with Gasteiger partial charge >= 0.3 is 0 Å². The van der Waals surface area contributed by atoms with E-state index in [4.69, 9.17) is 5.26 Å². The maximum atomic E-state index is 8.73. The van der Waals surface area contributed by atoms with Gasteiger partial charge in [0.15, 0.2) is 0 Å². The minimum absolute atomic E-state index is 0.433. The lowest BCUT2D eigenvalue weighted by Crippen LogP contribution is -1.95. The van der Waals surface area contributed by atoms with Gasteiger partial charge in [-0.05, 0) is 23.3 Å². The topological polar surface area (TPSA) is 70.3 Å². The SMILES string of the molecule is N#CCc1ccc(-c2cnn(-c3ccnc4[nH]ccc34)c2)cc1. The van der Waals surface area contributed by atoms with Crippen LogP contribution in [0.25, 0.3) is 27.8 Å². The average molecular weight is 299 g/mol. The van der Waals surface area contributed by atoms with Gasteiger partial charge in [0.1, 0.15) is 5.65 Å². The first-order chi connectivity index (χ1) is 11.3. The van der Waals surface area contributed by atoms with Crippen molar-refractivity contribution in [2.45, 2.75) is 6.42 Å². The third-order valence-corrected chi connectivity index (χ3v) is 3.84. The van der Waals surface area contributed by atoms with Gasteiger partial charge in [-0.25, -0.2) is 9.67 Å². The van der Waals surface area contributed by atoms with Crippen LogP contribution in [-0.2, 0) is 6.42 Å². The largest absolute Gasteiger partial charge is 0.346 e. The van der Waals surface area contributed by atoms with Gasteiger partial charge in [-0.1, -0.05) is 24.3 Å². The van der Waals surface area contributed by atoms with E-state index in [2.05, 4.69) is 21.1 Å². The Hall–Kier alpha value is -3.39. The first-order valence-corrected chi connectivity index (χ1v) is 7.28. The molecule has 110 valence electrons. The van der Waals surface area contributed by atoms with Crippen molar-refractivity contribution in [1.82, 2.24) is 19.7 Å². The summed E-state index contributed by atoms with van der Waals surface area (Å²) in [5.74, 6) is 0. The Morgan fingerprint density at radius 3 is 2.78 bits per heavy atom. The molecule has 4 rings (SSSR count). The van der Waals surface area contributed by atoms with Crippen molar-refractivity contribution in [3.8, 4) is 22.9 Å². The number of rotatable bonds is 3. The van der Waals surface area contributed by atoms with Crippen molar-refractivity contribution in [1.29, 1.82) is 5.26 Å². The fourth-order valence-electron chi connectivity index (χ4n) is 2.66. The maximum absolute atomic E-state index is 8.73. The highest BCUT2D eigenvalue weighted by molar-refractivity contribution is 5.84. The zero-order chi connectivity index (χ0) is 15.6. The molecule has 23 heavy (non-hydrogen) atoms. The predicted molar refractivity (Wildman–Crippen MR) is 88.0 cm³/mol. The second-order valence-electron chi connectivity index (χ2n) is 5.28. The van der Waals surface area contributed by atoms with Gasteiger partial charge in [-0.15, -0.1) is 0 Å². The molecule has 0 saturated heterocycles. The molecular weight excluding hydrogens is 286 g/mol. The van der Waals surface area contributed by atoms with E-state index < -0.39 is 0 Å². The van der Waals surface area contributed by atoms with Crippen molar-refractivity contribution in [2.24, 2.45) is 0 Å². The minimum atomic E-state index is 0.433. The standard InChI is InChI=1S/C18H13N5/c19-8-5-13-1-3-14(4-2-13)15-11-22-23(12-15)17-7-10-21-18-16(17)6-9-20-18/h1-4,6-7,9-12H,5H2,(H,20,21). The van der Waals surface area contributed by atoms with Crippen LogP contribution >= 0.6 is 0 Å². The second kappa shape index (κ2) is 5.43. The molecule has 0 aliphatic carbocycles. The Labute approximate surface area is 132 Å². The van der Waals surface area contributed by atoms with Crippen LogP contribution in [0.1, 0.15) is 5.56 Å². The first-order valence-electron chi connectivity index (χ1n) is 7.28. The Bertz CT molecular complexity index is 1000. The lowest BCUT2D eigenvalue weighted by Gasteiger charge is -2.02. The molecular formula is C18H13N5. The third kappa shape index (κ3) is 2.36. The van der Waals surface area contributed by atoms with Gasteiger partial charge in [-0.3, -0.25) is 0 Å². The summed E-state index contributed by atoms with van der Waals surface area (Å²) in [5.41, 5.74) is 4.97. The van der Waals surface area contributed by atoms with E-state index in [0.29, 0.717) is 6.42 Å². The Morgan fingerprint density at radius 2 is 1.96 bits per heavy atom. The molecule has 0 spiro atoms. The Balaban J connectivity index is 1.72. The van der Waals surface area contributed by atoms with E-state index in [9.17, 15) is 0 Å². The van der Waals surface area contributed by atoms with E-state index in [-0.39, 0.29) is 0 Å². The molecule has 3 heterocycles. The number of H-pyrrole nitrogens is 1. The Morgan fingerprint density at radius 1 is 1.09 bits per heavy atom. The third-order valence-electron chi connectivity index (χ3n) is 3.84. The normalized spacial score (nSPS) is 10.7. The summed E-state index contributed by atoms with van der Waals surface area (Å²) in [6.45, 7) is 0. The highest BCUT2D eigenvalue weighted by atomic mass is 15.3. The van der Waals surface area contributed by atoms with Crippen LogP contribution in [0.4, 0.5) is 0 Å². The highest BCUT2D eigenvalue weighted by Crippen LogP contribution is 2.23. The van der Waals surface area contributed by atoms with Crippen molar-refractivity contribution in [2.75, 3.05) is 0 Å². The van der Waals surface area contributed by atoms with Gasteiger partial charge in [0.05, 0.1) is 24.4 Å². The molecule has 1 N–H and O–H groups in total. The lowest BCUT2D eigenvalue weighted by molar-refractivity contribution is 0.886. The Kier molecular flexibility index (Phi) is 3.13. The molecule has 4 aromatic rings. The van der Waals surface area contributed by atoms with Gasteiger partial charge in [0.2, 0.25) is 0 Å². The van der Waals surface area contributed by atoms with Crippen LogP contribution in [-0.4, -0.2) is 19.7 Å². The van der Waals surface area contributed by atoms with Crippen LogP contribution in [0.2, 0.25) is 0 Å². The summed E-state index contributed by atoms with van der Waals surface area (Å²) in [5, 5.41) is 14.2. The molecule has 0 unspecified atom stereocenters. The predicted octanol–water partition coefficient (Wildman–Crippen LogP) is 3.48. The van der Waals surface area contributed by atoms with Crippen LogP contribution in [0.5, 0.6) is 0 Å². The molecule has 0 atom stereocenters. The van der Waals surface area contributed by atoms with Gasteiger partial charge in [0.25, 0.3) is 0 Å². The zero-order valence-corrected chi connectivity index (χ0v) is 12.3. The van der Waals surface area contributed by atoms with Crippen molar-refractivity contribution in [3.05, 3.63) is 66.7 Å². The molecule has 0 bridgehead atoms. The molecule has 0 aliphatic rings. The number of aromatic amines is 1. The molecule has 0 aliphatic heterocycles. The van der Waals surface area contributed by atoms with Gasteiger partial charge < -0.3 is 4.98 Å². The number of benzene rings is 1. The fourth-order valence-corrected chi connectivity index (χ4v) is 2.66. The van der Waals surface area contributed by atoms with E-state index in [1.807, 2.05) is 59.7 Å². The van der Waals surface area contributed by atoms with E-state index in [0.717, 1.165) is 33.4 Å². The summed E-state index contributed by atoms with van der Waals surface area (Å²) in [6, 6.07) is 14.1. The smallest absolute Gasteiger partial charge is 0.139 e. The van der Waals surface area contributed by atoms with Crippen LogP contribution in [0, 0.1) is 11.3 Å². The number of hydrogen-bond acceptors (Lipinski definition) is 3. The quantitative estimate of drug-likeness (QED) is 0.629. The molecule has 1 aromatic carbocycles. The van der Waals surface area contributed by atoms with Crippen molar-refractivity contribution >= 4 is 11.0 Å². The van der Waals surface area contributed by atoms with Gasteiger partial charge in [-0.2, -0.15) is 10.4 Å². The number of aromatic nitrogens is 4. The lowest BCUT2D eigenvalue weighted by atomic mass is 10.1. The molecule has 5 heteroatoms. The molecule has 3 aromatic heterocycles. The average Bonchev–Trinajstić information content (AvgIpc) is 3.25. The van der Waals surface area contributed by atoms with E-state index in [1.165, 1.54) is 0 Å². The monoisotopic (exact) mass is 299 g/mol. The summed E-state index contributed by atoms with van der Waals surface area (Å²) in [7, 11) is 0. The number of nitrogens with one attached hydrogen (secondary N) is 1. The number of pyridine rings is 1. The molecule has 5 nitrogen and oxygen atoms in total. The maximum Gasteiger partial charge on any atom is 0.139 e. The highest BCUT2D eigenvalue weighted by Gasteiger charge is 2.08. The number of fused-ring (bicyclic) bond motifs is 1. The molecule has 0 radical (unpaired) electrons. The first kappa shape index (κ1) is 13.3. The summed E-state index contributed by atoms with van der Waals surface area (Å²) in [6.07, 6.45) is 7.92. The molecule has 0 amide bonds. The van der Waals surface area contributed by atoms with E-state index in [1.54, 1.807) is 6.20 Å². The minimum Gasteiger partial charge on any atom is -0.346 e. The number of hydrogen-bond donors (Lipinski definition) is 1. The van der Waals surface area contributed by atoms with E-state index >= 15 is 0 Å². The summed E-state index contributed by atoms with van der Waals surface area (Å²) < 4.78 is 1.86. The van der Waals surface area contributed by atoms with Crippen LogP contribution < -0.4 is 0 Å². The van der Waals surface area contributed by atoms with Crippen LogP contribution in [0.15, 0.2) is 61.2 Å².